The molecule has 1 amide bonds. The fourth-order valence-corrected chi connectivity index (χ4v) is 2.34. The van der Waals surface area contributed by atoms with Crippen molar-refractivity contribution in [2.75, 3.05) is 39.5 Å². The van der Waals surface area contributed by atoms with Crippen LogP contribution >= 0.6 is 0 Å². The number of morpholine rings is 2. The van der Waals surface area contributed by atoms with Gasteiger partial charge < -0.3 is 24.8 Å². The van der Waals surface area contributed by atoms with Crippen molar-refractivity contribution in [2.45, 2.75) is 31.6 Å². The van der Waals surface area contributed by atoms with Crippen LogP contribution in [0, 0.1) is 0 Å². The lowest BCUT2D eigenvalue weighted by molar-refractivity contribution is -0.149. The van der Waals surface area contributed by atoms with Crippen LogP contribution in [0.3, 0.4) is 0 Å². The van der Waals surface area contributed by atoms with E-state index in [9.17, 15) is 4.79 Å². The topological polar surface area (TPSA) is 71.0 Å². The normalized spacial score (nSPS) is 33.4. The number of nitrogens with zero attached hydrogens (tertiary/aromatic N) is 1. The van der Waals surface area contributed by atoms with Gasteiger partial charge in [-0.15, -0.1) is 0 Å². The number of rotatable bonds is 3. The van der Waals surface area contributed by atoms with E-state index in [-0.39, 0.29) is 30.8 Å². The van der Waals surface area contributed by atoms with Crippen molar-refractivity contribution in [1.29, 1.82) is 0 Å². The summed E-state index contributed by atoms with van der Waals surface area (Å²) in [6, 6.07) is 0.0665. The highest BCUT2D eigenvalue weighted by atomic mass is 16.5. The Bertz CT molecular complexity index is 281. The molecular formula is C12H22N2O4. The van der Waals surface area contributed by atoms with Crippen LogP contribution in [0.25, 0.3) is 0 Å². The molecule has 2 fully saturated rings. The Kier molecular flexibility index (Phi) is 4.94. The van der Waals surface area contributed by atoms with Crippen LogP contribution in [-0.2, 0) is 14.3 Å². The highest BCUT2D eigenvalue weighted by Crippen LogP contribution is 2.14. The number of hydrogen-bond donors (Lipinski definition) is 2. The minimum Gasteiger partial charge on any atom is -0.394 e. The number of aliphatic hydroxyl groups is 1. The monoisotopic (exact) mass is 258 g/mol. The summed E-state index contributed by atoms with van der Waals surface area (Å²) >= 11 is 0. The Morgan fingerprint density at radius 2 is 2.28 bits per heavy atom. The molecule has 6 nitrogen and oxygen atoms in total. The van der Waals surface area contributed by atoms with E-state index in [2.05, 4.69) is 5.32 Å². The Balaban J connectivity index is 1.85. The third-order valence-electron chi connectivity index (χ3n) is 3.44. The van der Waals surface area contributed by atoms with Crippen molar-refractivity contribution >= 4 is 5.91 Å². The zero-order chi connectivity index (χ0) is 13.0. The Hall–Kier alpha value is -0.690. The lowest BCUT2D eigenvalue weighted by Crippen LogP contribution is -2.53. The predicted molar refractivity (Wildman–Crippen MR) is 65.2 cm³/mol. The molecule has 3 unspecified atom stereocenters. The molecule has 0 saturated carbocycles. The SMILES string of the molecule is CC1COC(CO)CN1C(=O)CC1CNCCO1. The molecule has 0 spiro atoms. The number of carbonyl (C=O) groups excluding carboxylic acids is 1. The molecule has 2 rings (SSSR count). The summed E-state index contributed by atoms with van der Waals surface area (Å²) in [5.41, 5.74) is 0. The van der Waals surface area contributed by atoms with E-state index in [0.717, 1.165) is 13.1 Å². The largest absolute Gasteiger partial charge is 0.394 e. The Morgan fingerprint density at radius 3 is 2.94 bits per heavy atom. The molecule has 18 heavy (non-hydrogen) atoms. The minimum absolute atomic E-state index is 0.0335. The first-order chi connectivity index (χ1) is 8.70. The van der Waals surface area contributed by atoms with Crippen molar-refractivity contribution < 1.29 is 19.4 Å². The molecule has 0 radical (unpaired) electrons. The van der Waals surface area contributed by atoms with Gasteiger partial charge in [0.2, 0.25) is 5.91 Å². The number of nitrogens with one attached hydrogen (secondary N) is 1. The molecule has 6 heteroatoms. The van der Waals surface area contributed by atoms with Crippen molar-refractivity contribution in [2.24, 2.45) is 0 Å². The summed E-state index contributed by atoms with van der Waals surface area (Å²) in [6.07, 6.45) is 0.111. The zero-order valence-corrected chi connectivity index (χ0v) is 10.8. The maximum absolute atomic E-state index is 12.2. The number of ether oxygens (including phenoxy) is 2. The van der Waals surface area contributed by atoms with E-state index in [4.69, 9.17) is 14.6 Å². The molecule has 2 saturated heterocycles. The van der Waals surface area contributed by atoms with E-state index in [0.29, 0.717) is 26.2 Å². The van der Waals surface area contributed by atoms with E-state index in [1.165, 1.54) is 0 Å². The van der Waals surface area contributed by atoms with E-state index in [1.54, 1.807) is 4.90 Å². The number of hydrogen-bond acceptors (Lipinski definition) is 5. The summed E-state index contributed by atoms with van der Waals surface area (Å²) < 4.78 is 11.0. The molecule has 104 valence electrons. The van der Waals surface area contributed by atoms with Crippen molar-refractivity contribution in [1.82, 2.24) is 10.2 Å². The molecule has 3 atom stereocenters. The molecule has 0 aromatic heterocycles. The lowest BCUT2D eigenvalue weighted by Gasteiger charge is -2.38. The second kappa shape index (κ2) is 6.47. The molecule has 2 aliphatic rings. The lowest BCUT2D eigenvalue weighted by atomic mass is 10.1. The van der Waals surface area contributed by atoms with Gasteiger partial charge in [-0.05, 0) is 6.92 Å². The Morgan fingerprint density at radius 1 is 1.44 bits per heavy atom. The van der Waals surface area contributed by atoms with E-state index >= 15 is 0 Å². The van der Waals surface area contributed by atoms with Crippen LogP contribution < -0.4 is 5.32 Å². The highest BCUT2D eigenvalue weighted by Gasteiger charge is 2.30. The van der Waals surface area contributed by atoms with Gasteiger partial charge in [-0.2, -0.15) is 0 Å². The summed E-state index contributed by atoms with van der Waals surface area (Å²) in [6.45, 7) is 5.12. The van der Waals surface area contributed by atoms with Gasteiger partial charge in [0, 0.05) is 19.6 Å². The summed E-state index contributed by atoms with van der Waals surface area (Å²) in [4.78, 5) is 14.0. The van der Waals surface area contributed by atoms with Gasteiger partial charge in [-0.3, -0.25) is 4.79 Å². The fourth-order valence-electron chi connectivity index (χ4n) is 2.34. The van der Waals surface area contributed by atoms with Crippen molar-refractivity contribution in [3.05, 3.63) is 0 Å². The smallest absolute Gasteiger partial charge is 0.225 e. The minimum atomic E-state index is -0.254. The van der Waals surface area contributed by atoms with Gasteiger partial charge in [0.15, 0.2) is 0 Å². The fraction of sp³-hybridized carbons (Fsp3) is 0.917. The van der Waals surface area contributed by atoms with Crippen LogP contribution in [0.4, 0.5) is 0 Å². The highest BCUT2D eigenvalue weighted by molar-refractivity contribution is 5.77. The van der Waals surface area contributed by atoms with E-state index in [1.807, 2.05) is 6.92 Å². The van der Waals surface area contributed by atoms with Crippen LogP contribution in [-0.4, -0.2) is 73.6 Å². The molecule has 0 aliphatic carbocycles. The average molecular weight is 258 g/mol. The Labute approximate surface area is 107 Å². The molecule has 0 bridgehead atoms. The third kappa shape index (κ3) is 3.41. The summed E-state index contributed by atoms with van der Waals surface area (Å²) in [5.74, 6) is 0.0814. The van der Waals surface area contributed by atoms with Crippen LogP contribution in [0.1, 0.15) is 13.3 Å². The number of amides is 1. The summed E-state index contributed by atoms with van der Waals surface area (Å²) in [7, 11) is 0. The van der Waals surface area contributed by atoms with Gasteiger partial charge in [-0.1, -0.05) is 0 Å². The second-order valence-electron chi connectivity index (χ2n) is 4.93. The molecule has 2 N–H and O–H groups in total. The maximum Gasteiger partial charge on any atom is 0.225 e. The molecule has 0 aromatic carbocycles. The first-order valence-corrected chi connectivity index (χ1v) is 6.55. The molecule has 0 aromatic rings. The van der Waals surface area contributed by atoms with E-state index < -0.39 is 0 Å². The van der Waals surface area contributed by atoms with Gasteiger partial charge >= 0.3 is 0 Å². The maximum atomic E-state index is 12.2. The quantitative estimate of drug-likeness (QED) is 0.677. The average Bonchev–Trinajstić information content (AvgIpc) is 2.40. The van der Waals surface area contributed by atoms with Gasteiger partial charge in [0.05, 0.1) is 44.5 Å². The van der Waals surface area contributed by atoms with Gasteiger partial charge in [0.25, 0.3) is 0 Å². The molecular weight excluding hydrogens is 236 g/mol. The molecule has 2 heterocycles. The number of aliphatic hydroxyl groups excluding tert-OH is 1. The number of carbonyl (C=O) groups is 1. The van der Waals surface area contributed by atoms with Gasteiger partial charge in [0.1, 0.15) is 0 Å². The molecule has 2 aliphatic heterocycles. The summed E-state index contributed by atoms with van der Waals surface area (Å²) in [5, 5.41) is 12.3. The first-order valence-electron chi connectivity index (χ1n) is 6.55. The second-order valence-corrected chi connectivity index (χ2v) is 4.93. The standard InChI is InChI=1S/C12H22N2O4/c1-9-8-18-11(7-15)6-14(9)12(16)4-10-5-13-2-3-17-10/h9-11,13,15H,2-8H2,1H3. The predicted octanol–water partition coefficient (Wildman–Crippen LogP) is -1.03. The third-order valence-corrected chi connectivity index (χ3v) is 3.44. The van der Waals surface area contributed by atoms with Crippen LogP contribution in [0.5, 0.6) is 0 Å². The first kappa shape index (κ1) is 13.7. The van der Waals surface area contributed by atoms with Crippen LogP contribution in [0.2, 0.25) is 0 Å². The van der Waals surface area contributed by atoms with Crippen molar-refractivity contribution in [3.8, 4) is 0 Å². The van der Waals surface area contributed by atoms with Crippen LogP contribution in [0.15, 0.2) is 0 Å². The van der Waals surface area contributed by atoms with Crippen molar-refractivity contribution in [3.63, 3.8) is 0 Å². The zero-order valence-electron chi connectivity index (χ0n) is 10.8. The van der Waals surface area contributed by atoms with Gasteiger partial charge in [-0.25, -0.2) is 0 Å².